The Bertz CT molecular complexity index is 980. The molecule has 0 aliphatic rings. The standard InChI is InChI=1S/C12H11ClN2O5S3/c1-7(16)15-10-3-2-8(6-9(10)13)22(17,18)11-4-5-12(21-11)23(14,19)20/h2-6H,1H3,(H,15,16)(H2,14,19,20). The van der Waals surface area contributed by atoms with Crippen LogP contribution in [0.25, 0.3) is 0 Å². The molecule has 2 aromatic rings. The summed E-state index contributed by atoms with van der Waals surface area (Å²) in [7, 11) is -7.92. The molecule has 0 saturated heterocycles. The molecule has 1 heterocycles. The minimum atomic E-state index is -3.97. The third-order valence-corrected chi connectivity index (χ3v) is 7.74. The third-order valence-electron chi connectivity index (χ3n) is 2.66. The second kappa shape index (κ2) is 6.21. The van der Waals surface area contributed by atoms with Crippen LogP contribution >= 0.6 is 22.9 Å². The Morgan fingerprint density at radius 3 is 2.22 bits per heavy atom. The lowest BCUT2D eigenvalue weighted by atomic mass is 10.3. The van der Waals surface area contributed by atoms with E-state index in [1.807, 2.05) is 0 Å². The molecule has 0 bridgehead atoms. The van der Waals surface area contributed by atoms with E-state index in [0.717, 1.165) is 12.1 Å². The van der Waals surface area contributed by atoms with E-state index in [9.17, 15) is 21.6 Å². The Kier molecular flexibility index (Phi) is 4.83. The van der Waals surface area contributed by atoms with E-state index in [2.05, 4.69) is 5.32 Å². The Labute approximate surface area is 142 Å². The molecular weight excluding hydrogens is 384 g/mol. The Hall–Kier alpha value is -1.46. The first-order valence-corrected chi connectivity index (χ1v) is 10.2. The van der Waals surface area contributed by atoms with Crippen molar-refractivity contribution in [3.8, 4) is 0 Å². The highest BCUT2D eigenvalue weighted by atomic mass is 35.5. The van der Waals surface area contributed by atoms with Crippen molar-refractivity contribution in [2.45, 2.75) is 20.2 Å². The summed E-state index contributed by atoms with van der Waals surface area (Å²) in [5.41, 5.74) is 0.273. The number of sulfonamides is 1. The summed E-state index contributed by atoms with van der Waals surface area (Å²) < 4.78 is 47.0. The van der Waals surface area contributed by atoms with Gasteiger partial charge in [-0.1, -0.05) is 11.6 Å². The summed E-state index contributed by atoms with van der Waals surface area (Å²) in [6.45, 7) is 1.29. The maximum absolute atomic E-state index is 12.5. The number of halogens is 1. The highest BCUT2D eigenvalue weighted by Crippen LogP contribution is 2.32. The molecule has 0 atom stereocenters. The molecule has 0 aliphatic carbocycles. The third kappa shape index (κ3) is 3.90. The maximum Gasteiger partial charge on any atom is 0.247 e. The number of nitrogens with one attached hydrogen (secondary N) is 1. The summed E-state index contributed by atoms with van der Waals surface area (Å²) in [5.74, 6) is -0.349. The van der Waals surface area contributed by atoms with Crippen molar-refractivity contribution in [2.75, 3.05) is 5.32 Å². The van der Waals surface area contributed by atoms with Gasteiger partial charge in [0.05, 0.1) is 15.6 Å². The normalized spacial score (nSPS) is 12.1. The topological polar surface area (TPSA) is 123 Å². The largest absolute Gasteiger partial charge is 0.325 e. The van der Waals surface area contributed by atoms with E-state index >= 15 is 0 Å². The van der Waals surface area contributed by atoms with E-state index < -0.39 is 19.9 Å². The van der Waals surface area contributed by atoms with Crippen molar-refractivity contribution < 1.29 is 21.6 Å². The molecule has 7 nitrogen and oxygen atoms in total. The van der Waals surface area contributed by atoms with Gasteiger partial charge in [0, 0.05) is 6.92 Å². The summed E-state index contributed by atoms with van der Waals surface area (Å²) >= 11 is 6.50. The molecule has 0 aliphatic heterocycles. The van der Waals surface area contributed by atoms with Gasteiger partial charge in [0.1, 0.15) is 8.42 Å². The van der Waals surface area contributed by atoms with Gasteiger partial charge >= 0.3 is 0 Å². The lowest BCUT2D eigenvalue weighted by Crippen LogP contribution is -2.10. The number of thiophene rings is 1. The van der Waals surface area contributed by atoms with E-state index in [-0.39, 0.29) is 29.9 Å². The van der Waals surface area contributed by atoms with Gasteiger partial charge in [0.15, 0.2) is 0 Å². The smallest absolute Gasteiger partial charge is 0.247 e. The molecule has 0 radical (unpaired) electrons. The summed E-state index contributed by atoms with van der Waals surface area (Å²) in [4.78, 5) is 10.9. The van der Waals surface area contributed by atoms with Crippen molar-refractivity contribution >= 4 is 54.4 Å². The van der Waals surface area contributed by atoms with Crippen molar-refractivity contribution in [3.05, 3.63) is 35.4 Å². The molecule has 0 fully saturated rings. The van der Waals surface area contributed by atoms with Gasteiger partial charge in [-0.3, -0.25) is 4.79 Å². The Morgan fingerprint density at radius 2 is 1.74 bits per heavy atom. The average Bonchev–Trinajstić information content (AvgIpc) is 2.90. The van der Waals surface area contributed by atoms with E-state index in [1.54, 1.807) is 0 Å². The molecule has 2 rings (SSSR count). The van der Waals surface area contributed by atoms with Crippen molar-refractivity contribution in [1.29, 1.82) is 0 Å². The van der Waals surface area contributed by atoms with Crippen LogP contribution in [0.5, 0.6) is 0 Å². The van der Waals surface area contributed by atoms with Crippen LogP contribution < -0.4 is 10.5 Å². The van der Waals surface area contributed by atoms with Gasteiger partial charge in [-0.15, -0.1) is 11.3 Å². The van der Waals surface area contributed by atoms with Crippen LogP contribution in [0.1, 0.15) is 6.92 Å². The van der Waals surface area contributed by atoms with Crippen LogP contribution in [-0.2, 0) is 24.7 Å². The fourth-order valence-corrected chi connectivity index (χ4v) is 5.58. The lowest BCUT2D eigenvalue weighted by Gasteiger charge is -2.07. The summed E-state index contributed by atoms with van der Waals surface area (Å²) in [6, 6.07) is 6.09. The van der Waals surface area contributed by atoms with Crippen LogP contribution in [0.2, 0.25) is 5.02 Å². The quantitative estimate of drug-likeness (QED) is 0.818. The zero-order chi connectivity index (χ0) is 17.4. The van der Waals surface area contributed by atoms with Crippen LogP contribution in [0.15, 0.2) is 43.6 Å². The number of carbonyl (C=O) groups excluding carboxylic acids is 1. The number of carbonyl (C=O) groups is 1. The monoisotopic (exact) mass is 394 g/mol. The SMILES string of the molecule is CC(=O)Nc1ccc(S(=O)(=O)c2ccc(S(N)(=O)=O)s2)cc1Cl. The van der Waals surface area contributed by atoms with Crippen LogP contribution in [0, 0.1) is 0 Å². The van der Waals surface area contributed by atoms with Crippen molar-refractivity contribution in [1.82, 2.24) is 0 Å². The summed E-state index contributed by atoms with van der Waals surface area (Å²) in [6.07, 6.45) is 0. The van der Waals surface area contributed by atoms with Gasteiger partial charge < -0.3 is 5.32 Å². The number of amides is 1. The molecule has 0 spiro atoms. The molecule has 23 heavy (non-hydrogen) atoms. The first kappa shape index (κ1) is 17.9. The number of hydrogen-bond donors (Lipinski definition) is 2. The number of rotatable bonds is 4. The molecule has 0 saturated carbocycles. The zero-order valence-corrected chi connectivity index (χ0v) is 14.8. The molecule has 124 valence electrons. The second-order valence-electron chi connectivity index (χ2n) is 4.44. The summed E-state index contributed by atoms with van der Waals surface area (Å²) in [5, 5.41) is 7.47. The van der Waals surface area contributed by atoms with Crippen molar-refractivity contribution in [2.24, 2.45) is 5.14 Å². The number of sulfone groups is 1. The Balaban J connectivity index is 2.46. The maximum atomic E-state index is 12.5. The second-order valence-corrected chi connectivity index (χ2v) is 9.90. The van der Waals surface area contributed by atoms with Gasteiger partial charge in [-0.05, 0) is 30.3 Å². The van der Waals surface area contributed by atoms with E-state index in [0.29, 0.717) is 11.3 Å². The number of primary sulfonamides is 1. The first-order valence-electron chi connectivity index (χ1n) is 5.96. The highest BCUT2D eigenvalue weighted by molar-refractivity contribution is 7.95. The van der Waals surface area contributed by atoms with E-state index in [1.165, 1.54) is 25.1 Å². The molecule has 1 aromatic heterocycles. The molecule has 3 N–H and O–H groups in total. The molecule has 1 amide bonds. The lowest BCUT2D eigenvalue weighted by molar-refractivity contribution is -0.114. The Morgan fingerprint density at radius 1 is 1.13 bits per heavy atom. The highest BCUT2D eigenvalue weighted by Gasteiger charge is 2.23. The van der Waals surface area contributed by atoms with E-state index in [4.69, 9.17) is 16.7 Å². The minimum Gasteiger partial charge on any atom is -0.325 e. The first-order chi connectivity index (χ1) is 10.5. The predicted octanol–water partition coefficient (Wildman–Crippen LogP) is 1.84. The van der Waals surface area contributed by atoms with Gasteiger partial charge in [-0.25, -0.2) is 22.0 Å². The molecule has 0 unspecified atom stereocenters. The minimum absolute atomic E-state index is 0.0458. The fraction of sp³-hybridized carbons (Fsp3) is 0.0833. The van der Waals surface area contributed by atoms with Crippen LogP contribution in [-0.4, -0.2) is 22.7 Å². The number of anilines is 1. The number of nitrogens with two attached hydrogens (primary N) is 1. The number of benzene rings is 1. The molecule has 11 heteroatoms. The molecular formula is C12H11ClN2O5S3. The van der Waals surface area contributed by atoms with Gasteiger partial charge in [-0.2, -0.15) is 0 Å². The van der Waals surface area contributed by atoms with Crippen LogP contribution in [0.3, 0.4) is 0 Å². The fourth-order valence-electron chi connectivity index (χ4n) is 1.67. The van der Waals surface area contributed by atoms with Gasteiger partial charge in [0.2, 0.25) is 25.8 Å². The average molecular weight is 395 g/mol. The van der Waals surface area contributed by atoms with Crippen LogP contribution in [0.4, 0.5) is 5.69 Å². The van der Waals surface area contributed by atoms with Gasteiger partial charge in [0.25, 0.3) is 0 Å². The zero-order valence-electron chi connectivity index (χ0n) is 11.6. The number of hydrogen-bond acceptors (Lipinski definition) is 6. The van der Waals surface area contributed by atoms with Crippen molar-refractivity contribution in [3.63, 3.8) is 0 Å². The predicted molar refractivity (Wildman–Crippen MR) is 86.9 cm³/mol. The molecule has 1 aromatic carbocycles.